The number of nitrogens with one attached hydrogen (secondary N) is 1. The van der Waals surface area contributed by atoms with Crippen molar-refractivity contribution in [1.82, 2.24) is 5.32 Å². The summed E-state index contributed by atoms with van der Waals surface area (Å²) < 4.78 is 5.90. The molecule has 1 aliphatic rings. The second-order valence-corrected chi connectivity index (χ2v) is 5.39. The third-order valence-electron chi connectivity index (χ3n) is 3.89. The Bertz CT molecular complexity index is 597. The summed E-state index contributed by atoms with van der Waals surface area (Å²) in [4.78, 5) is 2.41. The molecule has 0 spiro atoms. The van der Waals surface area contributed by atoms with Gasteiger partial charge in [0.2, 0.25) is 0 Å². The van der Waals surface area contributed by atoms with Crippen LogP contribution in [0, 0.1) is 0 Å². The molecule has 0 bridgehead atoms. The van der Waals surface area contributed by atoms with E-state index >= 15 is 0 Å². The number of para-hydroxylation sites is 1. The molecule has 3 rings (SSSR count). The fraction of sp³-hybridized carbons (Fsp3) is 0.333. The van der Waals surface area contributed by atoms with E-state index in [-0.39, 0.29) is 0 Å². The van der Waals surface area contributed by atoms with Crippen molar-refractivity contribution in [2.75, 3.05) is 31.6 Å². The molecule has 3 heteroatoms. The monoisotopic (exact) mass is 282 g/mol. The molecule has 0 saturated carbocycles. The number of ether oxygens (including phenoxy) is 1. The lowest BCUT2D eigenvalue weighted by Gasteiger charge is -2.19. The predicted octanol–water partition coefficient (Wildman–Crippen LogP) is 2.85. The Labute approximate surface area is 126 Å². The van der Waals surface area contributed by atoms with Crippen LogP contribution in [0.5, 0.6) is 5.75 Å². The molecule has 0 fully saturated rings. The van der Waals surface area contributed by atoms with Crippen LogP contribution in [0.15, 0.2) is 48.5 Å². The first-order valence-electron chi connectivity index (χ1n) is 7.56. The topological polar surface area (TPSA) is 24.5 Å². The summed E-state index contributed by atoms with van der Waals surface area (Å²) in [5.74, 6) is 0.954. The highest BCUT2D eigenvalue weighted by molar-refractivity contribution is 5.57. The van der Waals surface area contributed by atoms with E-state index in [9.17, 15) is 0 Å². The van der Waals surface area contributed by atoms with Gasteiger partial charge >= 0.3 is 0 Å². The second kappa shape index (κ2) is 6.64. The quantitative estimate of drug-likeness (QED) is 0.881. The molecule has 21 heavy (non-hydrogen) atoms. The van der Waals surface area contributed by atoms with Gasteiger partial charge in [-0.3, -0.25) is 0 Å². The Hall–Kier alpha value is -2.00. The van der Waals surface area contributed by atoms with E-state index in [1.54, 1.807) is 0 Å². The Balaban J connectivity index is 1.54. The maximum Gasteiger partial charge on any atom is 0.119 e. The van der Waals surface area contributed by atoms with Gasteiger partial charge in [0.1, 0.15) is 12.4 Å². The number of hydrogen-bond donors (Lipinski definition) is 1. The van der Waals surface area contributed by atoms with Gasteiger partial charge < -0.3 is 15.0 Å². The van der Waals surface area contributed by atoms with E-state index in [2.05, 4.69) is 46.6 Å². The van der Waals surface area contributed by atoms with Crippen molar-refractivity contribution in [1.29, 1.82) is 0 Å². The van der Waals surface area contributed by atoms with E-state index < -0.39 is 0 Å². The molecule has 1 N–H and O–H groups in total. The van der Waals surface area contributed by atoms with Crippen molar-refractivity contribution in [2.45, 2.75) is 13.0 Å². The number of nitrogens with zero attached hydrogens (tertiary/aromatic N) is 1. The van der Waals surface area contributed by atoms with E-state index in [4.69, 9.17) is 4.74 Å². The van der Waals surface area contributed by atoms with Crippen LogP contribution in [-0.4, -0.2) is 26.7 Å². The van der Waals surface area contributed by atoms with E-state index in [0.717, 1.165) is 38.4 Å². The molecule has 1 heterocycles. The van der Waals surface area contributed by atoms with Crippen LogP contribution in [0.4, 0.5) is 5.69 Å². The zero-order chi connectivity index (χ0) is 14.5. The Morgan fingerprint density at radius 1 is 1.14 bits per heavy atom. The maximum atomic E-state index is 5.90. The number of hydrogen-bond acceptors (Lipinski definition) is 3. The highest BCUT2D eigenvalue weighted by Gasteiger charge is 2.17. The fourth-order valence-electron chi connectivity index (χ4n) is 2.86. The van der Waals surface area contributed by atoms with E-state index in [1.807, 2.05) is 19.2 Å². The van der Waals surface area contributed by atoms with Crippen molar-refractivity contribution in [3.8, 4) is 5.75 Å². The fourth-order valence-corrected chi connectivity index (χ4v) is 2.86. The first kappa shape index (κ1) is 14.0. The van der Waals surface area contributed by atoms with Crippen LogP contribution >= 0.6 is 0 Å². The molecular weight excluding hydrogens is 260 g/mol. The molecule has 0 saturated heterocycles. The van der Waals surface area contributed by atoms with Crippen LogP contribution in [0.3, 0.4) is 0 Å². The first-order chi connectivity index (χ1) is 10.4. The Morgan fingerprint density at radius 3 is 2.95 bits per heavy atom. The molecule has 0 aromatic heterocycles. The van der Waals surface area contributed by atoms with Crippen LogP contribution in [-0.2, 0) is 13.0 Å². The van der Waals surface area contributed by atoms with Gasteiger partial charge in [-0.1, -0.05) is 30.3 Å². The van der Waals surface area contributed by atoms with Crippen molar-refractivity contribution in [3.63, 3.8) is 0 Å². The smallest absolute Gasteiger partial charge is 0.119 e. The number of rotatable bonds is 6. The second-order valence-electron chi connectivity index (χ2n) is 5.39. The van der Waals surface area contributed by atoms with Crippen LogP contribution in [0.25, 0.3) is 0 Å². The van der Waals surface area contributed by atoms with Crippen molar-refractivity contribution in [2.24, 2.45) is 0 Å². The van der Waals surface area contributed by atoms with Crippen molar-refractivity contribution in [3.05, 3.63) is 59.7 Å². The molecule has 0 amide bonds. The highest BCUT2D eigenvalue weighted by Crippen LogP contribution is 2.26. The zero-order valence-electron chi connectivity index (χ0n) is 12.5. The summed E-state index contributed by atoms with van der Waals surface area (Å²) in [6, 6.07) is 16.9. The number of anilines is 1. The molecule has 0 atom stereocenters. The molecule has 3 nitrogen and oxygen atoms in total. The standard InChI is InChI=1S/C18H22N2O/c1-19-14-15-5-4-7-17(13-15)21-12-11-20-10-9-16-6-2-3-8-18(16)20/h2-8,13,19H,9-12,14H2,1H3. The van der Waals surface area contributed by atoms with E-state index in [1.165, 1.54) is 16.8 Å². The van der Waals surface area contributed by atoms with Gasteiger partial charge in [0, 0.05) is 18.8 Å². The summed E-state index contributed by atoms with van der Waals surface area (Å²) in [5, 5.41) is 3.16. The lowest BCUT2D eigenvalue weighted by Crippen LogP contribution is -2.26. The lowest BCUT2D eigenvalue weighted by atomic mass is 10.2. The SMILES string of the molecule is CNCc1cccc(OCCN2CCc3ccccc32)c1. The minimum Gasteiger partial charge on any atom is -0.492 e. The molecule has 110 valence electrons. The van der Waals surface area contributed by atoms with Gasteiger partial charge in [-0.05, 0) is 42.8 Å². The largest absolute Gasteiger partial charge is 0.492 e. The van der Waals surface area contributed by atoms with Crippen molar-refractivity contribution >= 4 is 5.69 Å². The summed E-state index contributed by atoms with van der Waals surface area (Å²) in [5.41, 5.74) is 4.07. The molecule has 0 radical (unpaired) electrons. The molecular formula is C18H22N2O. The Morgan fingerprint density at radius 2 is 2.05 bits per heavy atom. The third kappa shape index (κ3) is 3.37. The number of benzene rings is 2. The normalized spacial score (nSPS) is 13.3. The molecule has 0 aliphatic carbocycles. The number of fused-ring (bicyclic) bond motifs is 1. The highest BCUT2D eigenvalue weighted by atomic mass is 16.5. The minimum atomic E-state index is 0.720. The minimum absolute atomic E-state index is 0.720. The molecule has 2 aromatic rings. The van der Waals surface area contributed by atoms with Crippen molar-refractivity contribution < 1.29 is 4.74 Å². The zero-order valence-corrected chi connectivity index (χ0v) is 12.5. The Kier molecular flexibility index (Phi) is 4.41. The first-order valence-corrected chi connectivity index (χ1v) is 7.56. The van der Waals surface area contributed by atoms with Gasteiger partial charge in [0.15, 0.2) is 0 Å². The summed E-state index contributed by atoms with van der Waals surface area (Å²) >= 11 is 0. The van der Waals surface area contributed by atoms with Crippen LogP contribution in [0.2, 0.25) is 0 Å². The molecule has 2 aromatic carbocycles. The summed E-state index contributed by atoms with van der Waals surface area (Å²) in [6.45, 7) is 3.63. The van der Waals surface area contributed by atoms with E-state index in [0.29, 0.717) is 0 Å². The lowest BCUT2D eigenvalue weighted by molar-refractivity contribution is 0.324. The molecule has 1 aliphatic heterocycles. The molecule has 0 unspecified atom stereocenters. The van der Waals surface area contributed by atoms with Gasteiger partial charge in [-0.15, -0.1) is 0 Å². The van der Waals surface area contributed by atoms with Gasteiger partial charge in [-0.2, -0.15) is 0 Å². The maximum absolute atomic E-state index is 5.90. The van der Waals surface area contributed by atoms with Gasteiger partial charge in [0.05, 0.1) is 6.54 Å². The third-order valence-corrected chi connectivity index (χ3v) is 3.89. The summed E-state index contributed by atoms with van der Waals surface area (Å²) in [6.07, 6.45) is 1.15. The summed E-state index contributed by atoms with van der Waals surface area (Å²) in [7, 11) is 1.96. The van der Waals surface area contributed by atoms with Crippen LogP contribution < -0.4 is 15.0 Å². The van der Waals surface area contributed by atoms with Gasteiger partial charge in [-0.25, -0.2) is 0 Å². The van der Waals surface area contributed by atoms with Crippen LogP contribution in [0.1, 0.15) is 11.1 Å². The predicted molar refractivity (Wildman–Crippen MR) is 87.1 cm³/mol. The average Bonchev–Trinajstić information content (AvgIpc) is 2.92. The van der Waals surface area contributed by atoms with Gasteiger partial charge in [0.25, 0.3) is 0 Å². The average molecular weight is 282 g/mol.